The largest absolute Gasteiger partial charge is 0.480 e. The highest BCUT2D eigenvalue weighted by Gasteiger charge is 2.41. The number of carbonyl (C=O) groups excluding carboxylic acids is 1. The molecule has 5 N–H and O–H groups in total. The Kier molecular flexibility index (Phi) is 4.57. The van der Waals surface area contributed by atoms with Crippen LogP contribution in [0.3, 0.4) is 0 Å². The van der Waals surface area contributed by atoms with E-state index in [9.17, 15) is 14.7 Å². The first-order valence-electron chi connectivity index (χ1n) is 8.38. The summed E-state index contributed by atoms with van der Waals surface area (Å²) in [4.78, 5) is 27.3. The molecule has 6 nitrogen and oxygen atoms in total. The molecule has 1 aromatic carbocycles. The van der Waals surface area contributed by atoms with E-state index in [1.54, 1.807) is 0 Å². The highest BCUT2D eigenvalue weighted by Crippen LogP contribution is 2.28. The van der Waals surface area contributed by atoms with E-state index in [0.717, 1.165) is 35.7 Å². The lowest BCUT2D eigenvalue weighted by molar-refractivity contribution is -0.149. The quantitative estimate of drug-likeness (QED) is 0.672. The number of nitrogens with one attached hydrogen (secondary N) is 2. The van der Waals surface area contributed by atoms with Crippen molar-refractivity contribution in [3.63, 3.8) is 0 Å². The average Bonchev–Trinajstić information content (AvgIpc) is 2.98. The number of H-pyrrole nitrogens is 1. The predicted octanol–water partition coefficient (Wildman–Crippen LogP) is 1.94. The smallest absolute Gasteiger partial charge is 0.329 e. The van der Waals surface area contributed by atoms with Crippen LogP contribution in [-0.2, 0) is 16.0 Å². The van der Waals surface area contributed by atoms with Crippen LogP contribution in [0.5, 0.6) is 0 Å². The topological polar surface area (TPSA) is 108 Å². The molecule has 0 bridgehead atoms. The Morgan fingerprint density at radius 3 is 2.67 bits per heavy atom. The Hall–Kier alpha value is -2.34. The van der Waals surface area contributed by atoms with E-state index in [1.807, 2.05) is 30.5 Å². The van der Waals surface area contributed by atoms with Crippen LogP contribution in [0.1, 0.15) is 37.7 Å². The van der Waals surface area contributed by atoms with Gasteiger partial charge in [0.15, 0.2) is 0 Å². The van der Waals surface area contributed by atoms with Gasteiger partial charge in [-0.15, -0.1) is 0 Å². The Balaban J connectivity index is 1.71. The van der Waals surface area contributed by atoms with Crippen LogP contribution < -0.4 is 11.1 Å². The number of carbonyl (C=O) groups is 2. The maximum atomic E-state index is 12.5. The second-order valence-corrected chi connectivity index (χ2v) is 6.61. The van der Waals surface area contributed by atoms with E-state index < -0.39 is 23.5 Å². The number of hydrogen-bond donors (Lipinski definition) is 4. The van der Waals surface area contributed by atoms with Crippen LogP contribution in [0, 0.1) is 0 Å². The van der Waals surface area contributed by atoms with Gasteiger partial charge in [0.25, 0.3) is 0 Å². The molecule has 0 unspecified atom stereocenters. The van der Waals surface area contributed by atoms with Gasteiger partial charge in [-0.05, 0) is 30.9 Å². The molecule has 0 saturated heterocycles. The van der Waals surface area contributed by atoms with Gasteiger partial charge < -0.3 is 21.1 Å². The fraction of sp³-hybridized carbons (Fsp3) is 0.444. The van der Waals surface area contributed by atoms with Crippen LogP contribution in [0.4, 0.5) is 0 Å². The lowest BCUT2D eigenvalue weighted by Crippen LogP contribution is -2.59. The molecule has 1 heterocycles. The van der Waals surface area contributed by atoms with Gasteiger partial charge in [0.1, 0.15) is 5.54 Å². The van der Waals surface area contributed by atoms with Crippen molar-refractivity contribution in [1.82, 2.24) is 10.3 Å². The number of hydrogen-bond acceptors (Lipinski definition) is 3. The Bertz CT molecular complexity index is 747. The number of aromatic nitrogens is 1. The summed E-state index contributed by atoms with van der Waals surface area (Å²) in [5.74, 6) is -1.36. The van der Waals surface area contributed by atoms with Crippen LogP contribution >= 0.6 is 0 Å². The minimum Gasteiger partial charge on any atom is -0.480 e. The molecule has 128 valence electrons. The Morgan fingerprint density at radius 2 is 1.96 bits per heavy atom. The van der Waals surface area contributed by atoms with Crippen molar-refractivity contribution in [2.75, 3.05) is 0 Å². The van der Waals surface area contributed by atoms with Crippen molar-refractivity contribution in [3.05, 3.63) is 36.0 Å². The molecule has 0 radical (unpaired) electrons. The van der Waals surface area contributed by atoms with Gasteiger partial charge in [0, 0.05) is 17.1 Å². The van der Waals surface area contributed by atoms with Gasteiger partial charge >= 0.3 is 5.97 Å². The maximum absolute atomic E-state index is 12.5. The Labute approximate surface area is 140 Å². The minimum atomic E-state index is -1.16. The minimum absolute atomic E-state index is 0.367. The number of nitrogens with two attached hydrogens (primary N) is 1. The highest BCUT2D eigenvalue weighted by molar-refractivity contribution is 5.90. The number of aliphatic carboxylic acids is 1. The van der Waals surface area contributed by atoms with E-state index in [-0.39, 0.29) is 0 Å². The molecule has 0 aliphatic heterocycles. The lowest BCUT2D eigenvalue weighted by Gasteiger charge is -2.34. The molecule has 1 fully saturated rings. The molecular weight excluding hydrogens is 306 g/mol. The van der Waals surface area contributed by atoms with Crippen LogP contribution in [0.25, 0.3) is 10.9 Å². The number of carboxylic acid groups (broad SMARTS) is 1. The van der Waals surface area contributed by atoms with Gasteiger partial charge in [0.05, 0.1) is 6.04 Å². The second-order valence-electron chi connectivity index (χ2n) is 6.61. The number of aromatic amines is 1. The lowest BCUT2D eigenvalue weighted by atomic mass is 9.81. The summed E-state index contributed by atoms with van der Waals surface area (Å²) >= 11 is 0. The molecule has 0 spiro atoms. The zero-order chi connectivity index (χ0) is 17.2. The SMILES string of the molecule is N[C@H](Cc1c[nH]c2ccccc12)C(=O)NC1(C(=O)O)CCCCC1. The zero-order valence-electron chi connectivity index (χ0n) is 13.5. The third-order valence-electron chi connectivity index (χ3n) is 4.93. The van der Waals surface area contributed by atoms with Crippen molar-refractivity contribution >= 4 is 22.8 Å². The monoisotopic (exact) mass is 329 g/mol. The fourth-order valence-electron chi connectivity index (χ4n) is 3.51. The summed E-state index contributed by atoms with van der Waals surface area (Å²) in [5.41, 5.74) is 6.85. The summed E-state index contributed by atoms with van der Waals surface area (Å²) in [6.07, 6.45) is 5.78. The molecule has 1 aromatic heterocycles. The third-order valence-corrected chi connectivity index (χ3v) is 4.93. The number of carboxylic acids is 1. The van der Waals surface area contributed by atoms with E-state index in [1.165, 1.54) is 0 Å². The fourth-order valence-corrected chi connectivity index (χ4v) is 3.51. The average molecular weight is 329 g/mol. The van der Waals surface area contributed by atoms with Crippen LogP contribution in [0.2, 0.25) is 0 Å². The summed E-state index contributed by atoms with van der Waals surface area (Å²) in [6.45, 7) is 0. The van der Waals surface area contributed by atoms with Gasteiger partial charge in [-0.1, -0.05) is 37.5 Å². The molecule has 1 saturated carbocycles. The summed E-state index contributed by atoms with van der Waals surface area (Å²) in [5, 5.41) is 13.3. The molecule has 2 aromatic rings. The first-order valence-corrected chi connectivity index (χ1v) is 8.38. The molecule has 24 heavy (non-hydrogen) atoms. The standard InChI is InChI=1S/C18H23N3O3/c19-14(10-12-11-20-15-7-3-2-6-13(12)15)16(22)21-18(17(23)24)8-4-1-5-9-18/h2-3,6-7,11,14,20H,1,4-5,8-10,19H2,(H,21,22)(H,23,24)/t14-/m1/s1. The second kappa shape index (κ2) is 6.65. The first kappa shape index (κ1) is 16.5. The first-order chi connectivity index (χ1) is 11.5. The summed E-state index contributed by atoms with van der Waals surface area (Å²) < 4.78 is 0. The predicted molar refractivity (Wildman–Crippen MR) is 91.6 cm³/mol. The number of fused-ring (bicyclic) bond motifs is 1. The normalized spacial score (nSPS) is 18.2. The third kappa shape index (κ3) is 3.14. The van der Waals surface area contributed by atoms with Gasteiger partial charge in [0.2, 0.25) is 5.91 Å². The van der Waals surface area contributed by atoms with Gasteiger partial charge in [-0.25, -0.2) is 4.79 Å². The van der Waals surface area contributed by atoms with E-state index in [4.69, 9.17) is 5.73 Å². The van der Waals surface area contributed by atoms with E-state index in [0.29, 0.717) is 19.3 Å². The molecule has 6 heteroatoms. The van der Waals surface area contributed by atoms with Crippen molar-refractivity contribution in [3.8, 4) is 0 Å². The van der Waals surface area contributed by atoms with E-state index >= 15 is 0 Å². The highest BCUT2D eigenvalue weighted by atomic mass is 16.4. The molecule has 1 aliphatic carbocycles. The Morgan fingerprint density at radius 1 is 1.25 bits per heavy atom. The van der Waals surface area contributed by atoms with Crippen LogP contribution in [0.15, 0.2) is 30.5 Å². The zero-order valence-corrected chi connectivity index (χ0v) is 13.5. The number of para-hydroxylation sites is 1. The summed E-state index contributed by atoms with van der Waals surface area (Å²) in [6, 6.07) is 7.04. The number of amides is 1. The maximum Gasteiger partial charge on any atom is 0.329 e. The van der Waals surface area contributed by atoms with Gasteiger partial charge in [-0.2, -0.15) is 0 Å². The van der Waals surface area contributed by atoms with Crippen molar-refractivity contribution < 1.29 is 14.7 Å². The molecular formula is C18H23N3O3. The van der Waals surface area contributed by atoms with E-state index in [2.05, 4.69) is 10.3 Å². The van der Waals surface area contributed by atoms with Crippen molar-refractivity contribution in [2.45, 2.75) is 50.1 Å². The number of benzene rings is 1. The van der Waals surface area contributed by atoms with Crippen molar-refractivity contribution in [2.24, 2.45) is 5.73 Å². The summed E-state index contributed by atoms with van der Waals surface area (Å²) in [7, 11) is 0. The molecule has 3 rings (SSSR count). The molecule has 1 atom stereocenters. The van der Waals surface area contributed by atoms with Crippen LogP contribution in [-0.4, -0.2) is 33.5 Å². The van der Waals surface area contributed by atoms with Crippen molar-refractivity contribution in [1.29, 1.82) is 0 Å². The number of rotatable bonds is 5. The molecule has 1 amide bonds. The van der Waals surface area contributed by atoms with Gasteiger partial charge in [-0.3, -0.25) is 4.79 Å². The molecule has 1 aliphatic rings.